The number of fused-ring (bicyclic) bond motifs is 1. The lowest BCUT2D eigenvalue weighted by atomic mass is 9.63. The molecule has 7 heteroatoms. The van der Waals surface area contributed by atoms with Gasteiger partial charge in [0.1, 0.15) is 11.6 Å². The van der Waals surface area contributed by atoms with E-state index in [1.54, 1.807) is 6.07 Å². The van der Waals surface area contributed by atoms with Crippen LogP contribution in [0.5, 0.6) is 0 Å². The van der Waals surface area contributed by atoms with Crippen LogP contribution in [-0.4, -0.2) is 53.5 Å². The summed E-state index contributed by atoms with van der Waals surface area (Å²) >= 11 is 6.18. The van der Waals surface area contributed by atoms with Crippen LogP contribution in [0.2, 0.25) is 5.02 Å². The van der Waals surface area contributed by atoms with Gasteiger partial charge in [0.25, 0.3) is 0 Å². The van der Waals surface area contributed by atoms with Crippen LogP contribution in [0.25, 0.3) is 11.3 Å². The van der Waals surface area contributed by atoms with E-state index in [-0.39, 0.29) is 5.82 Å². The molecule has 2 aliphatic carbocycles. The lowest BCUT2D eigenvalue weighted by Gasteiger charge is -2.55. The average molecular weight is 429 g/mol. The first-order valence-electron chi connectivity index (χ1n) is 10.9. The Bertz CT molecular complexity index is 929. The van der Waals surface area contributed by atoms with E-state index >= 15 is 0 Å². The van der Waals surface area contributed by atoms with Gasteiger partial charge >= 0.3 is 0 Å². The third kappa shape index (κ3) is 3.29. The van der Waals surface area contributed by atoms with Crippen molar-refractivity contribution < 1.29 is 9.13 Å². The molecule has 0 amide bonds. The first-order chi connectivity index (χ1) is 14.6. The van der Waals surface area contributed by atoms with Crippen molar-refractivity contribution in [1.82, 2.24) is 15.1 Å². The van der Waals surface area contributed by atoms with Crippen LogP contribution < -0.4 is 5.32 Å². The summed E-state index contributed by atoms with van der Waals surface area (Å²) in [5.41, 5.74) is 1.70. The second-order valence-corrected chi connectivity index (χ2v) is 10.2. The van der Waals surface area contributed by atoms with Crippen LogP contribution in [0, 0.1) is 23.1 Å². The van der Waals surface area contributed by atoms with Crippen molar-refractivity contribution in [2.24, 2.45) is 17.3 Å². The molecular weight excluding hydrogens is 403 g/mol. The Labute approximate surface area is 181 Å². The average Bonchev–Trinajstić information content (AvgIpc) is 3.21. The highest BCUT2D eigenvalue weighted by atomic mass is 35.5. The van der Waals surface area contributed by atoms with Crippen LogP contribution in [0.4, 0.5) is 10.2 Å². The van der Waals surface area contributed by atoms with E-state index in [4.69, 9.17) is 16.3 Å². The van der Waals surface area contributed by atoms with E-state index in [0.717, 1.165) is 36.9 Å². The van der Waals surface area contributed by atoms with E-state index in [2.05, 4.69) is 20.4 Å². The minimum atomic E-state index is -0.331. The van der Waals surface area contributed by atoms with E-state index in [1.807, 2.05) is 12.1 Å². The normalized spacial score (nSPS) is 30.1. The molecular formula is C23H26ClFN4O. The molecule has 1 N–H and O–H groups in total. The summed E-state index contributed by atoms with van der Waals surface area (Å²) in [5, 5.41) is 12.6. The largest absolute Gasteiger partial charge is 0.380 e. The number of aromatic nitrogens is 2. The molecule has 4 aliphatic rings. The summed E-state index contributed by atoms with van der Waals surface area (Å²) < 4.78 is 18.9. The van der Waals surface area contributed by atoms with Crippen molar-refractivity contribution in [2.45, 2.75) is 37.8 Å². The molecule has 6 rings (SSSR count). The van der Waals surface area contributed by atoms with Gasteiger partial charge in [-0.25, -0.2) is 4.39 Å². The first-order valence-corrected chi connectivity index (χ1v) is 11.3. The molecule has 2 aromatic rings. The Morgan fingerprint density at radius 1 is 1.07 bits per heavy atom. The van der Waals surface area contributed by atoms with Crippen LogP contribution in [0.3, 0.4) is 0 Å². The van der Waals surface area contributed by atoms with E-state index in [1.165, 1.54) is 50.9 Å². The van der Waals surface area contributed by atoms with Crippen molar-refractivity contribution in [2.75, 3.05) is 31.6 Å². The molecule has 0 bridgehead atoms. The van der Waals surface area contributed by atoms with E-state index in [9.17, 15) is 4.39 Å². The number of benzene rings is 1. The number of likely N-dealkylation sites (tertiary alicyclic amines) is 1. The molecule has 5 nitrogen and oxygen atoms in total. The van der Waals surface area contributed by atoms with Gasteiger partial charge in [-0.3, -0.25) is 4.90 Å². The standard InChI is InChI=1S/C23H26ClFN4O/c24-20-2-1-16(25)7-19(20)21-3-4-22(28-27-21)26-17-5-14-10-29(11-15(14)6-17)18-8-23(9-18)12-30-13-23/h1-4,7,14-15,17-18H,5-6,8-13H2,(H,26,28)/t14-,15+,17?. The van der Waals surface area contributed by atoms with E-state index in [0.29, 0.717) is 27.7 Å². The SMILES string of the molecule is Fc1ccc(Cl)c(-c2ccc(NC3C[C@@H]4CN(C5CC6(COC6)C5)C[C@@H]4C3)nn2)c1. The monoisotopic (exact) mass is 428 g/mol. The summed E-state index contributed by atoms with van der Waals surface area (Å²) in [7, 11) is 0. The van der Waals surface area contributed by atoms with Crippen molar-refractivity contribution in [3.63, 3.8) is 0 Å². The number of nitrogens with one attached hydrogen (secondary N) is 1. The summed E-state index contributed by atoms with van der Waals surface area (Å²) in [5.74, 6) is 2.02. The van der Waals surface area contributed by atoms with Gasteiger partial charge in [-0.1, -0.05) is 11.6 Å². The van der Waals surface area contributed by atoms with Gasteiger partial charge < -0.3 is 10.1 Å². The summed E-state index contributed by atoms with van der Waals surface area (Å²) in [6.45, 7) is 4.46. The molecule has 2 aliphatic heterocycles. The molecule has 158 valence electrons. The molecule has 1 spiro atoms. The maximum atomic E-state index is 13.5. The minimum Gasteiger partial charge on any atom is -0.380 e. The third-order valence-electron chi connectivity index (χ3n) is 7.67. The van der Waals surface area contributed by atoms with Gasteiger partial charge in [-0.2, -0.15) is 0 Å². The number of ether oxygens (including phenoxy) is 1. The zero-order chi connectivity index (χ0) is 20.3. The molecule has 1 unspecified atom stereocenters. The molecule has 1 aromatic carbocycles. The number of anilines is 1. The summed E-state index contributed by atoms with van der Waals surface area (Å²) in [6.07, 6.45) is 5.07. The van der Waals surface area contributed by atoms with Crippen molar-refractivity contribution in [3.05, 3.63) is 41.2 Å². The highest BCUT2D eigenvalue weighted by Crippen LogP contribution is 2.51. The Morgan fingerprint density at radius 2 is 1.83 bits per heavy atom. The van der Waals surface area contributed by atoms with Crippen molar-refractivity contribution in [3.8, 4) is 11.3 Å². The van der Waals surface area contributed by atoms with Gasteiger partial charge in [-0.05, 0) is 67.9 Å². The molecule has 3 heterocycles. The molecule has 3 atom stereocenters. The zero-order valence-corrected chi connectivity index (χ0v) is 17.6. The van der Waals surface area contributed by atoms with Gasteiger partial charge in [0.2, 0.25) is 0 Å². The smallest absolute Gasteiger partial charge is 0.148 e. The molecule has 0 radical (unpaired) electrons. The van der Waals surface area contributed by atoms with Crippen LogP contribution in [0.1, 0.15) is 25.7 Å². The fourth-order valence-corrected chi connectivity index (χ4v) is 6.25. The Kier molecular flexibility index (Phi) is 4.52. The molecule has 1 aromatic heterocycles. The topological polar surface area (TPSA) is 50.3 Å². The number of hydrogen-bond donors (Lipinski definition) is 1. The zero-order valence-electron chi connectivity index (χ0n) is 16.9. The van der Waals surface area contributed by atoms with Crippen molar-refractivity contribution in [1.29, 1.82) is 0 Å². The second-order valence-electron chi connectivity index (χ2n) is 9.77. The quantitative estimate of drug-likeness (QED) is 0.789. The van der Waals surface area contributed by atoms with Gasteiger partial charge in [0, 0.05) is 36.2 Å². The first kappa shape index (κ1) is 19.0. The number of hydrogen-bond acceptors (Lipinski definition) is 5. The predicted octanol–water partition coefficient (Wildman–Crippen LogP) is 4.24. The maximum absolute atomic E-state index is 13.5. The minimum absolute atomic E-state index is 0.331. The lowest BCUT2D eigenvalue weighted by molar-refractivity contribution is -0.183. The lowest BCUT2D eigenvalue weighted by Crippen LogP contribution is -2.59. The molecule has 2 saturated heterocycles. The Balaban J connectivity index is 1.04. The Morgan fingerprint density at radius 3 is 2.47 bits per heavy atom. The predicted molar refractivity (Wildman–Crippen MR) is 114 cm³/mol. The van der Waals surface area contributed by atoms with E-state index < -0.39 is 0 Å². The van der Waals surface area contributed by atoms with Crippen LogP contribution in [0.15, 0.2) is 30.3 Å². The maximum Gasteiger partial charge on any atom is 0.148 e. The fourth-order valence-electron chi connectivity index (χ4n) is 6.03. The molecule has 4 fully saturated rings. The highest BCUT2D eigenvalue weighted by molar-refractivity contribution is 6.33. The van der Waals surface area contributed by atoms with Crippen LogP contribution in [-0.2, 0) is 4.74 Å². The van der Waals surface area contributed by atoms with Crippen molar-refractivity contribution >= 4 is 17.4 Å². The third-order valence-corrected chi connectivity index (χ3v) is 8.00. The second kappa shape index (κ2) is 7.14. The Hall–Kier alpha value is -1.76. The molecule has 30 heavy (non-hydrogen) atoms. The fraction of sp³-hybridized carbons (Fsp3) is 0.565. The number of halogens is 2. The van der Waals surface area contributed by atoms with Gasteiger partial charge in [0.15, 0.2) is 0 Å². The molecule has 2 saturated carbocycles. The number of nitrogens with zero attached hydrogens (tertiary/aromatic N) is 3. The van der Waals surface area contributed by atoms with Gasteiger partial charge in [0.05, 0.1) is 23.9 Å². The highest BCUT2D eigenvalue weighted by Gasteiger charge is 2.53. The summed E-state index contributed by atoms with van der Waals surface area (Å²) in [6, 6.07) is 9.29. The van der Waals surface area contributed by atoms with Gasteiger partial charge in [-0.15, -0.1) is 10.2 Å². The summed E-state index contributed by atoms with van der Waals surface area (Å²) in [4.78, 5) is 2.74. The van der Waals surface area contributed by atoms with Crippen LogP contribution >= 0.6 is 11.6 Å². The number of rotatable bonds is 4.